The number of alkyl halides is 1. The molecule has 1 aromatic heterocycles. The van der Waals surface area contributed by atoms with E-state index in [2.05, 4.69) is 34.2 Å². The zero-order valence-electron chi connectivity index (χ0n) is 8.82. The summed E-state index contributed by atoms with van der Waals surface area (Å²) in [6.45, 7) is 0. The first-order chi connectivity index (χ1) is 7.38. The Balaban J connectivity index is 0.00000128. The third-order valence-electron chi connectivity index (χ3n) is 2.32. The lowest BCUT2D eigenvalue weighted by atomic mass is 10.1. The molecular formula is C12H14Cl2N2. The summed E-state index contributed by atoms with van der Waals surface area (Å²) in [5, 5.41) is 0. The number of hydrogen-bond acceptors (Lipinski definition) is 1. The van der Waals surface area contributed by atoms with Crippen molar-refractivity contribution in [2.75, 3.05) is 0 Å². The van der Waals surface area contributed by atoms with Crippen molar-refractivity contribution in [3.63, 3.8) is 0 Å². The van der Waals surface area contributed by atoms with Gasteiger partial charge in [0.15, 0.2) is 0 Å². The molecule has 2 rings (SSSR count). The van der Waals surface area contributed by atoms with Crippen molar-refractivity contribution in [3.8, 4) is 0 Å². The number of hydrogen-bond donors (Lipinski definition) is 1. The van der Waals surface area contributed by atoms with Crippen molar-refractivity contribution in [1.82, 2.24) is 9.97 Å². The molecule has 2 nitrogen and oxygen atoms in total. The second-order valence-corrected chi connectivity index (χ2v) is 3.74. The molecule has 0 saturated carbocycles. The Morgan fingerprint density at radius 1 is 1.12 bits per heavy atom. The van der Waals surface area contributed by atoms with Crippen molar-refractivity contribution in [2.45, 2.75) is 18.7 Å². The van der Waals surface area contributed by atoms with E-state index in [4.69, 9.17) is 11.6 Å². The molecule has 1 aromatic carbocycles. The number of imidazole rings is 1. The smallest absolute Gasteiger partial charge is 0.106 e. The van der Waals surface area contributed by atoms with Crippen LogP contribution in [0.2, 0.25) is 0 Å². The largest absolute Gasteiger partial charge is 0.345 e. The highest BCUT2D eigenvalue weighted by atomic mass is 35.5. The Morgan fingerprint density at radius 3 is 2.50 bits per heavy atom. The fourth-order valence-electron chi connectivity index (χ4n) is 1.51. The summed E-state index contributed by atoms with van der Waals surface area (Å²) in [6.07, 6.45) is 3.74. The number of aromatic nitrogens is 2. The van der Waals surface area contributed by atoms with Gasteiger partial charge in [0.25, 0.3) is 0 Å². The monoisotopic (exact) mass is 256 g/mol. The SMILES string of the molecule is Cl.ClCc1cnc(CCc2ccccc2)[nH]1. The van der Waals surface area contributed by atoms with Crippen LogP contribution in [-0.4, -0.2) is 9.97 Å². The maximum Gasteiger partial charge on any atom is 0.106 e. The van der Waals surface area contributed by atoms with E-state index in [-0.39, 0.29) is 12.4 Å². The first-order valence-electron chi connectivity index (χ1n) is 5.01. The van der Waals surface area contributed by atoms with Crippen LogP contribution in [0.25, 0.3) is 0 Å². The Kier molecular flexibility index (Phi) is 5.36. The molecule has 0 bridgehead atoms. The van der Waals surface area contributed by atoms with E-state index in [1.807, 2.05) is 6.07 Å². The topological polar surface area (TPSA) is 28.7 Å². The summed E-state index contributed by atoms with van der Waals surface area (Å²) in [6, 6.07) is 10.4. The Bertz CT molecular complexity index is 412. The molecule has 0 saturated heterocycles. The van der Waals surface area contributed by atoms with Crippen molar-refractivity contribution in [2.24, 2.45) is 0 Å². The Labute approximate surface area is 106 Å². The predicted octanol–water partition coefficient (Wildman–Crippen LogP) is 3.36. The van der Waals surface area contributed by atoms with Crippen LogP contribution >= 0.6 is 24.0 Å². The Hall–Kier alpha value is -0.990. The minimum Gasteiger partial charge on any atom is -0.345 e. The van der Waals surface area contributed by atoms with Gasteiger partial charge >= 0.3 is 0 Å². The number of halogens is 2. The second-order valence-electron chi connectivity index (χ2n) is 3.47. The molecule has 1 N–H and O–H groups in total. The molecule has 2 aromatic rings. The molecule has 0 unspecified atom stereocenters. The summed E-state index contributed by atoms with van der Waals surface area (Å²) < 4.78 is 0. The summed E-state index contributed by atoms with van der Waals surface area (Å²) in [5.74, 6) is 1.51. The molecule has 4 heteroatoms. The number of nitrogens with one attached hydrogen (secondary N) is 1. The molecule has 0 radical (unpaired) electrons. The average Bonchev–Trinajstić information content (AvgIpc) is 2.76. The number of H-pyrrole nitrogens is 1. The van der Waals surface area contributed by atoms with Crippen LogP contribution in [-0.2, 0) is 18.7 Å². The van der Waals surface area contributed by atoms with Gasteiger partial charge in [0.1, 0.15) is 5.82 Å². The fraction of sp³-hybridized carbons (Fsp3) is 0.250. The summed E-state index contributed by atoms with van der Waals surface area (Å²) in [4.78, 5) is 7.45. The van der Waals surface area contributed by atoms with E-state index in [1.165, 1.54) is 5.56 Å². The minimum atomic E-state index is 0. The maximum atomic E-state index is 5.69. The van der Waals surface area contributed by atoms with Crippen LogP contribution < -0.4 is 0 Å². The molecule has 0 aliphatic heterocycles. The standard InChI is InChI=1S/C12H13ClN2.ClH/c13-8-11-9-14-12(15-11)7-6-10-4-2-1-3-5-10;/h1-5,9H,6-8H2,(H,14,15);1H. The molecular weight excluding hydrogens is 243 g/mol. The molecule has 86 valence electrons. The van der Waals surface area contributed by atoms with Crippen LogP contribution in [0.15, 0.2) is 36.5 Å². The van der Waals surface area contributed by atoms with Gasteiger partial charge in [-0.25, -0.2) is 4.98 Å². The fourth-order valence-corrected chi connectivity index (χ4v) is 1.64. The zero-order valence-corrected chi connectivity index (χ0v) is 10.4. The molecule has 0 aliphatic rings. The van der Waals surface area contributed by atoms with Gasteiger partial charge in [0.2, 0.25) is 0 Å². The van der Waals surface area contributed by atoms with Crippen LogP contribution in [0.3, 0.4) is 0 Å². The molecule has 0 amide bonds. The van der Waals surface area contributed by atoms with E-state index >= 15 is 0 Å². The van der Waals surface area contributed by atoms with Crippen molar-refractivity contribution >= 4 is 24.0 Å². The number of rotatable bonds is 4. The highest BCUT2D eigenvalue weighted by Gasteiger charge is 1.99. The van der Waals surface area contributed by atoms with Crippen LogP contribution in [0.1, 0.15) is 17.1 Å². The van der Waals surface area contributed by atoms with Gasteiger partial charge in [-0.1, -0.05) is 30.3 Å². The number of nitrogens with zero attached hydrogens (tertiary/aromatic N) is 1. The molecule has 0 atom stereocenters. The van der Waals surface area contributed by atoms with Gasteiger partial charge in [-0.05, 0) is 12.0 Å². The minimum absolute atomic E-state index is 0. The first-order valence-corrected chi connectivity index (χ1v) is 5.54. The molecule has 0 aliphatic carbocycles. The highest BCUT2D eigenvalue weighted by molar-refractivity contribution is 6.16. The average molecular weight is 257 g/mol. The third kappa shape index (κ3) is 3.54. The summed E-state index contributed by atoms with van der Waals surface area (Å²) >= 11 is 5.69. The van der Waals surface area contributed by atoms with E-state index < -0.39 is 0 Å². The van der Waals surface area contributed by atoms with Gasteiger partial charge in [-0.2, -0.15) is 0 Å². The zero-order chi connectivity index (χ0) is 10.5. The predicted molar refractivity (Wildman–Crippen MR) is 69.2 cm³/mol. The van der Waals surface area contributed by atoms with Crippen LogP contribution in [0.5, 0.6) is 0 Å². The Morgan fingerprint density at radius 2 is 1.88 bits per heavy atom. The van der Waals surface area contributed by atoms with Gasteiger partial charge in [-0.15, -0.1) is 24.0 Å². The molecule has 16 heavy (non-hydrogen) atoms. The van der Waals surface area contributed by atoms with Crippen molar-refractivity contribution in [1.29, 1.82) is 0 Å². The third-order valence-corrected chi connectivity index (χ3v) is 2.61. The van der Waals surface area contributed by atoms with Crippen LogP contribution in [0.4, 0.5) is 0 Å². The highest BCUT2D eigenvalue weighted by Crippen LogP contribution is 2.06. The summed E-state index contributed by atoms with van der Waals surface area (Å²) in [5.41, 5.74) is 2.32. The summed E-state index contributed by atoms with van der Waals surface area (Å²) in [7, 11) is 0. The molecule has 1 heterocycles. The lowest BCUT2D eigenvalue weighted by molar-refractivity contribution is 0.880. The molecule has 0 spiro atoms. The van der Waals surface area contributed by atoms with Crippen LogP contribution in [0, 0.1) is 0 Å². The number of benzene rings is 1. The first kappa shape index (κ1) is 13.1. The van der Waals surface area contributed by atoms with Gasteiger partial charge < -0.3 is 4.98 Å². The van der Waals surface area contributed by atoms with Crippen molar-refractivity contribution in [3.05, 3.63) is 53.6 Å². The number of aryl methyl sites for hydroxylation is 2. The molecule has 0 fully saturated rings. The van der Waals surface area contributed by atoms with Gasteiger partial charge in [0.05, 0.1) is 5.88 Å². The van der Waals surface area contributed by atoms with E-state index in [1.54, 1.807) is 6.20 Å². The second kappa shape index (κ2) is 6.56. The van der Waals surface area contributed by atoms with Crippen molar-refractivity contribution < 1.29 is 0 Å². The van der Waals surface area contributed by atoms with Gasteiger partial charge in [0, 0.05) is 18.3 Å². The van der Waals surface area contributed by atoms with E-state index in [9.17, 15) is 0 Å². The van der Waals surface area contributed by atoms with Gasteiger partial charge in [-0.3, -0.25) is 0 Å². The van der Waals surface area contributed by atoms with E-state index in [0.717, 1.165) is 24.4 Å². The lowest BCUT2D eigenvalue weighted by Crippen LogP contribution is -1.93. The normalized spacial score (nSPS) is 9.81. The number of aromatic amines is 1. The quantitative estimate of drug-likeness (QED) is 0.836. The van der Waals surface area contributed by atoms with E-state index in [0.29, 0.717) is 5.88 Å². The maximum absolute atomic E-state index is 5.69. The lowest BCUT2D eigenvalue weighted by Gasteiger charge is -1.98.